The van der Waals surface area contributed by atoms with Crippen LogP contribution in [0.25, 0.3) is 0 Å². The van der Waals surface area contributed by atoms with Gasteiger partial charge in [0, 0.05) is 12.2 Å². The number of aliphatic imine (C=N–C) groups is 1. The van der Waals surface area contributed by atoms with E-state index in [2.05, 4.69) is 4.99 Å². The molecule has 6 nitrogen and oxygen atoms in total. The Bertz CT molecular complexity index is 760. The predicted molar refractivity (Wildman–Crippen MR) is 92.0 cm³/mol. The standard InChI is InChI=1S/C15H18N2O4S2/c1-3-21-13-7-5-4-6-11(13)17-12-8-23(19,20)9-14(12)22-15(17)16-10(2)18/h4-7,12,14H,3,8-9H2,1-2H3. The van der Waals surface area contributed by atoms with E-state index in [0.717, 1.165) is 5.69 Å². The third-order valence-corrected chi connectivity index (χ3v) is 6.95. The zero-order valence-corrected chi connectivity index (χ0v) is 14.6. The van der Waals surface area contributed by atoms with Gasteiger partial charge in [-0.1, -0.05) is 23.9 Å². The van der Waals surface area contributed by atoms with Gasteiger partial charge >= 0.3 is 0 Å². The Balaban J connectivity index is 2.07. The van der Waals surface area contributed by atoms with E-state index in [1.807, 2.05) is 36.1 Å². The summed E-state index contributed by atoms with van der Waals surface area (Å²) in [5, 5.41) is 0.447. The second kappa shape index (κ2) is 6.16. The number of amidine groups is 1. The Morgan fingerprint density at radius 2 is 2.13 bits per heavy atom. The summed E-state index contributed by atoms with van der Waals surface area (Å²) in [4.78, 5) is 17.4. The third kappa shape index (κ3) is 3.23. The molecule has 2 unspecified atom stereocenters. The number of ether oxygens (including phenoxy) is 1. The number of para-hydroxylation sites is 2. The van der Waals surface area contributed by atoms with Crippen LogP contribution in [0, 0.1) is 0 Å². The molecule has 0 N–H and O–H groups in total. The summed E-state index contributed by atoms with van der Waals surface area (Å²) in [7, 11) is -3.07. The second-order valence-electron chi connectivity index (χ2n) is 5.48. The van der Waals surface area contributed by atoms with Crippen molar-refractivity contribution in [3.63, 3.8) is 0 Å². The maximum Gasteiger partial charge on any atom is 0.244 e. The van der Waals surface area contributed by atoms with Crippen LogP contribution in [0.5, 0.6) is 5.75 Å². The number of amides is 1. The summed E-state index contributed by atoms with van der Waals surface area (Å²) >= 11 is 1.36. The van der Waals surface area contributed by atoms with E-state index in [0.29, 0.717) is 17.5 Å². The van der Waals surface area contributed by atoms with Gasteiger partial charge in [0.25, 0.3) is 0 Å². The number of carbonyl (C=O) groups excluding carboxylic acids is 1. The number of sulfone groups is 1. The number of fused-ring (bicyclic) bond motifs is 1. The molecular weight excluding hydrogens is 336 g/mol. The molecule has 0 radical (unpaired) electrons. The fourth-order valence-corrected chi connectivity index (χ4v) is 6.87. The highest BCUT2D eigenvalue weighted by Gasteiger charge is 2.49. The topological polar surface area (TPSA) is 76.0 Å². The van der Waals surface area contributed by atoms with Crippen LogP contribution in [0.3, 0.4) is 0 Å². The number of thioether (sulfide) groups is 1. The van der Waals surface area contributed by atoms with Crippen LogP contribution >= 0.6 is 11.8 Å². The van der Waals surface area contributed by atoms with Gasteiger partial charge in [0.05, 0.1) is 29.8 Å². The van der Waals surface area contributed by atoms with Crippen molar-refractivity contribution in [2.24, 2.45) is 4.99 Å². The lowest BCUT2D eigenvalue weighted by Crippen LogP contribution is -2.38. The van der Waals surface area contributed by atoms with Crippen molar-refractivity contribution in [1.82, 2.24) is 0 Å². The lowest BCUT2D eigenvalue weighted by Gasteiger charge is -2.26. The van der Waals surface area contributed by atoms with E-state index >= 15 is 0 Å². The maximum atomic E-state index is 12.0. The molecule has 2 saturated heterocycles. The van der Waals surface area contributed by atoms with Crippen LogP contribution in [-0.2, 0) is 14.6 Å². The molecule has 124 valence electrons. The van der Waals surface area contributed by atoms with E-state index in [4.69, 9.17) is 4.74 Å². The normalized spacial score (nSPS) is 27.2. The van der Waals surface area contributed by atoms with E-state index in [1.165, 1.54) is 18.7 Å². The highest BCUT2D eigenvalue weighted by atomic mass is 32.2. The van der Waals surface area contributed by atoms with Gasteiger partial charge in [-0.15, -0.1) is 0 Å². The van der Waals surface area contributed by atoms with Gasteiger partial charge < -0.3 is 9.64 Å². The third-order valence-electron chi connectivity index (χ3n) is 3.74. The SMILES string of the molecule is CCOc1ccccc1N1C(=NC(C)=O)SC2CS(=O)(=O)CC21. The first-order valence-electron chi connectivity index (χ1n) is 7.38. The summed E-state index contributed by atoms with van der Waals surface area (Å²) in [6.45, 7) is 3.79. The van der Waals surface area contributed by atoms with Crippen LogP contribution in [-0.4, -0.2) is 48.9 Å². The number of rotatable bonds is 3. The number of anilines is 1. The molecule has 0 aliphatic carbocycles. The smallest absolute Gasteiger partial charge is 0.244 e. The van der Waals surface area contributed by atoms with Gasteiger partial charge in [-0.3, -0.25) is 4.79 Å². The first-order chi connectivity index (χ1) is 10.9. The monoisotopic (exact) mass is 354 g/mol. The second-order valence-corrected chi connectivity index (χ2v) is 8.84. The zero-order valence-electron chi connectivity index (χ0n) is 12.9. The van der Waals surface area contributed by atoms with Crippen molar-refractivity contribution >= 4 is 38.4 Å². The van der Waals surface area contributed by atoms with Crippen molar-refractivity contribution in [3.05, 3.63) is 24.3 Å². The first-order valence-corrected chi connectivity index (χ1v) is 10.1. The highest BCUT2D eigenvalue weighted by Crippen LogP contribution is 2.43. The van der Waals surface area contributed by atoms with Crippen LogP contribution in [0.2, 0.25) is 0 Å². The predicted octanol–water partition coefficient (Wildman–Crippen LogP) is 1.71. The van der Waals surface area contributed by atoms with Crippen molar-refractivity contribution < 1.29 is 17.9 Å². The summed E-state index contributed by atoms with van der Waals surface area (Å²) in [5.74, 6) is 0.556. The van der Waals surface area contributed by atoms with Gasteiger partial charge in [-0.2, -0.15) is 4.99 Å². The molecule has 1 amide bonds. The Kier molecular flexibility index (Phi) is 4.37. The Morgan fingerprint density at radius 1 is 1.39 bits per heavy atom. The molecule has 2 atom stereocenters. The first kappa shape index (κ1) is 16.3. The summed E-state index contributed by atoms with van der Waals surface area (Å²) in [6.07, 6.45) is 0. The van der Waals surface area contributed by atoms with Gasteiger partial charge in [0.2, 0.25) is 5.91 Å². The fraction of sp³-hybridized carbons (Fsp3) is 0.467. The molecule has 2 fully saturated rings. The molecule has 0 spiro atoms. The Hall–Kier alpha value is -1.54. The Labute approximate surface area is 139 Å². The van der Waals surface area contributed by atoms with Gasteiger partial charge in [0.1, 0.15) is 5.75 Å². The molecular formula is C15H18N2O4S2. The van der Waals surface area contributed by atoms with Crippen LogP contribution in [0.1, 0.15) is 13.8 Å². The lowest BCUT2D eigenvalue weighted by molar-refractivity contribution is -0.115. The van der Waals surface area contributed by atoms with Crippen molar-refractivity contribution in [2.75, 3.05) is 23.0 Å². The minimum atomic E-state index is -3.07. The molecule has 2 aliphatic heterocycles. The molecule has 2 aliphatic rings. The van der Waals surface area contributed by atoms with Crippen molar-refractivity contribution in [3.8, 4) is 5.75 Å². The van der Waals surface area contributed by atoms with E-state index < -0.39 is 9.84 Å². The Morgan fingerprint density at radius 3 is 2.83 bits per heavy atom. The number of carbonyl (C=O) groups is 1. The largest absolute Gasteiger partial charge is 0.492 e. The molecule has 0 bridgehead atoms. The maximum absolute atomic E-state index is 12.0. The number of hydrogen-bond acceptors (Lipinski definition) is 5. The van der Waals surface area contributed by atoms with Crippen LogP contribution in [0.4, 0.5) is 5.69 Å². The summed E-state index contributed by atoms with van der Waals surface area (Å²) in [5.41, 5.74) is 0.756. The van der Waals surface area contributed by atoms with E-state index in [1.54, 1.807) is 0 Å². The van der Waals surface area contributed by atoms with E-state index in [9.17, 15) is 13.2 Å². The van der Waals surface area contributed by atoms with Crippen molar-refractivity contribution in [2.45, 2.75) is 25.1 Å². The summed E-state index contributed by atoms with van der Waals surface area (Å²) < 4.78 is 29.6. The average Bonchev–Trinajstić information content (AvgIpc) is 2.90. The quantitative estimate of drug-likeness (QED) is 0.822. The van der Waals surface area contributed by atoms with Gasteiger partial charge in [-0.25, -0.2) is 8.42 Å². The van der Waals surface area contributed by atoms with Gasteiger partial charge in [-0.05, 0) is 19.1 Å². The summed E-state index contributed by atoms with van der Waals surface area (Å²) in [6, 6.07) is 7.22. The molecule has 2 heterocycles. The van der Waals surface area contributed by atoms with E-state index in [-0.39, 0.29) is 28.7 Å². The average molecular weight is 354 g/mol. The fourth-order valence-electron chi connectivity index (χ4n) is 2.91. The molecule has 1 aromatic carbocycles. The number of nitrogens with zero attached hydrogens (tertiary/aromatic N) is 2. The number of hydrogen-bond donors (Lipinski definition) is 0. The minimum absolute atomic E-state index is 0.0715. The number of benzene rings is 1. The lowest BCUT2D eigenvalue weighted by atomic mass is 10.2. The molecule has 23 heavy (non-hydrogen) atoms. The molecule has 1 aromatic rings. The molecule has 3 rings (SSSR count). The molecule has 0 saturated carbocycles. The molecule has 8 heteroatoms. The highest BCUT2D eigenvalue weighted by molar-refractivity contribution is 8.16. The minimum Gasteiger partial charge on any atom is -0.492 e. The van der Waals surface area contributed by atoms with Crippen molar-refractivity contribution in [1.29, 1.82) is 0 Å². The van der Waals surface area contributed by atoms with Crippen LogP contribution < -0.4 is 9.64 Å². The van der Waals surface area contributed by atoms with Crippen LogP contribution in [0.15, 0.2) is 29.3 Å². The van der Waals surface area contributed by atoms with Gasteiger partial charge in [0.15, 0.2) is 15.0 Å². The molecule has 0 aromatic heterocycles. The zero-order chi connectivity index (χ0) is 16.6.